The molecule has 2 unspecified atom stereocenters. The second-order valence-electron chi connectivity index (χ2n) is 8.49. The van der Waals surface area contributed by atoms with E-state index in [1.54, 1.807) is 0 Å². The Morgan fingerprint density at radius 1 is 0.933 bits per heavy atom. The van der Waals surface area contributed by atoms with E-state index in [2.05, 4.69) is 86.2 Å². The summed E-state index contributed by atoms with van der Waals surface area (Å²) >= 11 is 0. The smallest absolute Gasteiger partial charge is 0.174 e. The average molecular weight is 404 g/mol. The average Bonchev–Trinajstić information content (AvgIpc) is 3.39. The van der Waals surface area contributed by atoms with Gasteiger partial charge in [0.25, 0.3) is 0 Å². The van der Waals surface area contributed by atoms with Gasteiger partial charge >= 0.3 is 0 Å². The number of aryl methyl sites for hydroxylation is 1. The fraction of sp³-hybridized carbons (Fsp3) is 0.458. The first-order valence-corrected chi connectivity index (χ1v) is 11.1. The highest BCUT2D eigenvalue weighted by atomic mass is 16.5. The van der Waals surface area contributed by atoms with Crippen molar-refractivity contribution in [3.05, 3.63) is 77.6 Å². The Labute approximate surface area is 177 Å². The van der Waals surface area contributed by atoms with Gasteiger partial charge in [0.05, 0.1) is 6.10 Å². The van der Waals surface area contributed by atoms with E-state index in [0.717, 1.165) is 38.1 Å². The maximum Gasteiger partial charge on any atom is 0.174 e. The molecule has 6 heteroatoms. The van der Waals surface area contributed by atoms with Gasteiger partial charge in [-0.05, 0) is 49.8 Å². The summed E-state index contributed by atoms with van der Waals surface area (Å²) in [6, 6.07) is 22.5. The fourth-order valence-corrected chi connectivity index (χ4v) is 5.21. The number of piperidine rings is 1. The summed E-state index contributed by atoms with van der Waals surface area (Å²) in [4.78, 5) is 2.71. The Bertz CT molecular complexity index is 848. The molecule has 2 aliphatic rings. The van der Waals surface area contributed by atoms with Gasteiger partial charge in [-0.15, -0.1) is 10.2 Å². The predicted molar refractivity (Wildman–Crippen MR) is 115 cm³/mol. The minimum atomic E-state index is 0.00147. The molecule has 0 aliphatic carbocycles. The first kappa shape index (κ1) is 19.4. The van der Waals surface area contributed by atoms with Crippen LogP contribution >= 0.6 is 0 Å². The standard InChI is InChI=1S/C24H29N5O/c1-3-8-18(9-4-1)24(19-10-5-2-6-11-19)30-22-16-20-13-14-21(17-22)29(20)15-7-12-23-25-27-28-26-23/h1-6,8-11,20-22,24H,7,12-17H2,(H,25,26,27,28). The third-order valence-corrected chi connectivity index (χ3v) is 6.58. The Kier molecular flexibility index (Phi) is 5.86. The Hall–Kier alpha value is -2.57. The number of nitrogens with zero attached hydrogens (tertiary/aromatic N) is 4. The van der Waals surface area contributed by atoms with Crippen LogP contribution in [-0.2, 0) is 11.2 Å². The molecule has 2 bridgehead atoms. The molecule has 0 spiro atoms. The van der Waals surface area contributed by atoms with Crippen LogP contribution in [0.4, 0.5) is 0 Å². The molecule has 2 fully saturated rings. The van der Waals surface area contributed by atoms with Crippen LogP contribution in [0.5, 0.6) is 0 Å². The lowest BCUT2D eigenvalue weighted by atomic mass is 9.97. The van der Waals surface area contributed by atoms with Crippen LogP contribution in [0.25, 0.3) is 0 Å². The lowest BCUT2D eigenvalue weighted by Gasteiger charge is -2.40. The van der Waals surface area contributed by atoms with Crippen LogP contribution in [0.3, 0.4) is 0 Å². The first-order chi connectivity index (χ1) is 14.9. The van der Waals surface area contributed by atoms with Gasteiger partial charge in [-0.25, -0.2) is 0 Å². The van der Waals surface area contributed by atoms with Crippen LogP contribution in [0, 0.1) is 0 Å². The lowest BCUT2D eigenvalue weighted by molar-refractivity contribution is -0.0483. The van der Waals surface area contributed by atoms with Crippen molar-refractivity contribution >= 4 is 0 Å². The monoisotopic (exact) mass is 403 g/mol. The van der Waals surface area contributed by atoms with Crippen LogP contribution in [-0.4, -0.2) is 50.3 Å². The number of aromatic amines is 1. The van der Waals surface area contributed by atoms with Crippen molar-refractivity contribution < 1.29 is 4.74 Å². The highest BCUT2D eigenvalue weighted by molar-refractivity contribution is 5.30. The topological polar surface area (TPSA) is 66.9 Å². The Morgan fingerprint density at radius 3 is 2.13 bits per heavy atom. The molecule has 3 heterocycles. The molecular weight excluding hydrogens is 374 g/mol. The van der Waals surface area contributed by atoms with E-state index in [1.165, 1.54) is 24.0 Å². The van der Waals surface area contributed by atoms with E-state index in [-0.39, 0.29) is 6.10 Å². The zero-order chi connectivity index (χ0) is 20.2. The van der Waals surface area contributed by atoms with Gasteiger partial charge in [0.2, 0.25) is 0 Å². The molecule has 2 atom stereocenters. The van der Waals surface area contributed by atoms with E-state index < -0.39 is 0 Å². The number of aromatic nitrogens is 4. The van der Waals surface area contributed by atoms with Gasteiger partial charge in [-0.2, -0.15) is 5.21 Å². The molecule has 3 aromatic rings. The third kappa shape index (κ3) is 4.30. The highest BCUT2D eigenvalue weighted by Crippen LogP contribution is 2.39. The number of tetrazole rings is 1. The third-order valence-electron chi connectivity index (χ3n) is 6.58. The van der Waals surface area contributed by atoms with Crippen LogP contribution in [0.15, 0.2) is 60.7 Å². The van der Waals surface area contributed by atoms with E-state index >= 15 is 0 Å². The molecule has 2 aromatic carbocycles. The van der Waals surface area contributed by atoms with Crippen molar-refractivity contribution in [3.63, 3.8) is 0 Å². The second kappa shape index (κ2) is 9.06. The van der Waals surface area contributed by atoms with Gasteiger partial charge in [-0.1, -0.05) is 65.9 Å². The number of hydrogen-bond acceptors (Lipinski definition) is 5. The quantitative estimate of drug-likeness (QED) is 0.617. The molecule has 0 saturated carbocycles. The summed E-state index contributed by atoms with van der Waals surface area (Å²) in [5, 5.41) is 14.3. The van der Waals surface area contributed by atoms with Gasteiger partial charge in [0.15, 0.2) is 5.82 Å². The summed E-state index contributed by atoms with van der Waals surface area (Å²) in [7, 11) is 0. The van der Waals surface area contributed by atoms with Gasteiger partial charge in [0, 0.05) is 18.5 Å². The van der Waals surface area contributed by atoms with Crippen molar-refractivity contribution in [1.29, 1.82) is 0 Å². The second-order valence-corrected chi connectivity index (χ2v) is 8.49. The van der Waals surface area contributed by atoms with Crippen molar-refractivity contribution in [2.24, 2.45) is 0 Å². The maximum atomic E-state index is 6.80. The fourth-order valence-electron chi connectivity index (χ4n) is 5.21. The molecule has 156 valence electrons. The molecule has 1 aromatic heterocycles. The van der Waals surface area contributed by atoms with Gasteiger partial charge in [0.1, 0.15) is 6.10 Å². The lowest BCUT2D eigenvalue weighted by Crippen LogP contribution is -2.46. The van der Waals surface area contributed by atoms with E-state index in [1.807, 2.05) is 0 Å². The Balaban J connectivity index is 1.23. The van der Waals surface area contributed by atoms with Crippen molar-refractivity contribution in [1.82, 2.24) is 25.5 Å². The minimum absolute atomic E-state index is 0.00147. The van der Waals surface area contributed by atoms with Crippen LogP contribution < -0.4 is 0 Å². The molecule has 6 nitrogen and oxygen atoms in total. The normalized spacial score (nSPS) is 23.8. The van der Waals surface area contributed by atoms with Crippen molar-refractivity contribution in [3.8, 4) is 0 Å². The first-order valence-electron chi connectivity index (χ1n) is 11.1. The van der Waals surface area contributed by atoms with E-state index in [0.29, 0.717) is 18.2 Å². The van der Waals surface area contributed by atoms with Crippen molar-refractivity contribution in [2.45, 2.75) is 62.8 Å². The molecule has 0 radical (unpaired) electrons. The predicted octanol–water partition coefficient (Wildman–Crippen LogP) is 3.93. The maximum absolute atomic E-state index is 6.80. The number of rotatable bonds is 8. The summed E-state index contributed by atoms with van der Waals surface area (Å²) in [5.74, 6) is 0.814. The zero-order valence-electron chi connectivity index (χ0n) is 17.2. The number of benzene rings is 2. The van der Waals surface area contributed by atoms with Crippen LogP contribution in [0.1, 0.15) is 55.2 Å². The molecular formula is C24H29N5O. The molecule has 2 aliphatic heterocycles. The number of fused-ring (bicyclic) bond motifs is 2. The summed E-state index contributed by atoms with van der Waals surface area (Å²) in [6.45, 7) is 1.11. The van der Waals surface area contributed by atoms with Gasteiger partial charge in [-0.3, -0.25) is 4.90 Å². The number of H-pyrrole nitrogens is 1. The van der Waals surface area contributed by atoms with E-state index in [4.69, 9.17) is 4.74 Å². The molecule has 5 rings (SSSR count). The Morgan fingerprint density at radius 2 is 1.57 bits per heavy atom. The number of nitrogens with one attached hydrogen (secondary N) is 1. The summed E-state index contributed by atoms with van der Waals surface area (Å²) < 4.78 is 6.80. The zero-order valence-corrected chi connectivity index (χ0v) is 17.2. The van der Waals surface area contributed by atoms with Gasteiger partial charge < -0.3 is 4.74 Å². The highest BCUT2D eigenvalue weighted by Gasteiger charge is 2.41. The minimum Gasteiger partial charge on any atom is -0.365 e. The number of ether oxygens (including phenoxy) is 1. The molecule has 30 heavy (non-hydrogen) atoms. The SMILES string of the molecule is c1ccc(C(OC2CC3CCC(C2)N3CCCc2nn[nH]n2)c2ccccc2)cc1. The molecule has 0 amide bonds. The largest absolute Gasteiger partial charge is 0.365 e. The summed E-state index contributed by atoms with van der Waals surface area (Å²) in [5.41, 5.74) is 2.47. The molecule has 2 saturated heterocycles. The molecule has 1 N–H and O–H groups in total. The summed E-state index contributed by atoms with van der Waals surface area (Å²) in [6.07, 6.45) is 7.08. The number of hydrogen-bond donors (Lipinski definition) is 1. The van der Waals surface area contributed by atoms with Crippen LogP contribution in [0.2, 0.25) is 0 Å². The van der Waals surface area contributed by atoms with E-state index in [9.17, 15) is 0 Å². The van der Waals surface area contributed by atoms with Crippen molar-refractivity contribution in [2.75, 3.05) is 6.54 Å².